The van der Waals surface area contributed by atoms with Crippen molar-refractivity contribution in [1.29, 1.82) is 0 Å². The number of rotatable bonds is 5. The van der Waals surface area contributed by atoms with Gasteiger partial charge in [0.15, 0.2) is 0 Å². The number of hydrogen-bond acceptors (Lipinski definition) is 4. The maximum absolute atomic E-state index is 12.1. The minimum atomic E-state index is -0.0607. The van der Waals surface area contributed by atoms with Gasteiger partial charge in [0.05, 0.1) is 10.4 Å². The van der Waals surface area contributed by atoms with Crippen LogP contribution in [0, 0.1) is 5.92 Å². The van der Waals surface area contributed by atoms with Crippen molar-refractivity contribution in [1.82, 2.24) is 10.3 Å². The van der Waals surface area contributed by atoms with Crippen molar-refractivity contribution in [2.45, 2.75) is 25.7 Å². The Bertz CT molecular complexity index is 604. The number of nitrogens with zero attached hydrogens (tertiary/aromatic N) is 1. The molecule has 1 amide bonds. The number of nitrogen functional groups attached to an aromatic ring is 1. The van der Waals surface area contributed by atoms with Gasteiger partial charge in [0.2, 0.25) is 0 Å². The summed E-state index contributed by atoms with van der Waals surface area (Å²) in [4.78, 5) is 16.8. The molecule has 0 atom stereocenters. The molecular weight excluding hydrogens is 258 g/mol. The second-order valence-corrected chi connectivity index (χ2v) is 6.11. The van der Waals surface area contributed by atoms with Crippen LogP contribution in [-0.2, 0) is 0 Å². The van der Waals surface area contributed by atoms with Gasteiger partial charge in [-0.1, -0.05) is 12.8 Å². The monoisotopic (exact) mass is 275 g/mol. The van der Waals surface area contributed by atoms with Gasteiger partial charge in [0.1, 0.15) is 4.88 Å². The highest BCUT2D eigenvalue weighted by atomic mass is 32.1. The van der Waals surface area contributed by atoms with Crippen molar-refractivity contribution >= 4 is 33.0 Å². The first kappa shape index (κ1) is 12.4. The predicted molar refractivity (Wildman–Crippen MR) is 78.3 cm³/mol. The number of nitrogens with two attached hydrogens (primary N) is 1. The lowest BCUT2D eigenvalue weighted by Crippen LogP contribution is -2.24. The number of fused-ring (bicyclic) bond motifs is 1. The summed E-state index contributed by atoms with van der Waals surface area (Å²) in [5, 5.41) is 3.87. The van der Waals surface area contributed by atoms with Gasteiger partial charge in [-0.3, -0.25) is 9.78 Å². The minimum absolute atomic E-state index is 0.0607. The van der Waals surface area contributed by atoms with E-state index < -0.39 is 0 Å². The van der Waals surface area contributed by atoms with Crippen molar-refractivity contribution in [3.63, 3.8) is 0 Å². The molecule has 2 aromatic rings. The van der Waals surface area contributed by atoms with Crippen LogP contribution in [0.25, 0.3) is 10.1 Å². The van der Waals surface area contributed by atoms with Crippen LogP contribution in [0.3, 0.4) is 0 Å². The van der Waals surface area contributed by atoms with Gasteiger partial charge in [-0.25, -0.2) is 0 Å². The van der Waals surface area contributed by atoms with Gasteiger partial charge in [-0.15, -0.1) is 11.3 Å². The van der Waals surface area contributed by atoms with Gasteiger partial charge in [-0.05, 0) is 24.8 Å². The number of carbonyl (C=O) groups is 1. The summed E-state index contributed by atoms with van der Waals surface area (Å²) >= 11 is 1.41. The molecule has 100 valence electrons. The van der Waals surface area contributed by atoms with E-state index in [-0.39, 0.29) is 5.91 Å². The molecule has 1 saturated carbocycles. The predicted octanol–water partition coefficient (Wildman–Crippen LogP) is 2.80. The fraction of sp³-hybridized carbons (Fsp3) is 0.429. The molecule has 5 heteroatoms. The van der Waals surface area contributed by atoms with Crippen LogP contribution in [0.1, 0.15) is 35.4 Å². The molecule has 2 heterocycles. The summed E-state index contributed by atoms with van der Waals surface area (Å²) in [6.07, 6.45) is 8.46. The van der Waals surface area contributed by atoms with E-state index in [1.165, 1.54) is 30.6 Å². The number of thiophene rings is 1. The maximum Gasteiger partial charge on any atom is 0.263 e. The Morgan fingerprint density at radius 2 is 2.37 bits per heavy atom. The standard InChI is InChI=1S/C14H17N3OS/c15-12-10-5-7-16-8-11(10)19-13(12)14(18)17-6-1-2-9-3-4-9/h5,7-9H,1-4,6,15H2,(H,17,18). The van der Waals surface area contributed by atoms with Crippen molar-refractivity contribution in [3.8, 4) is 0 Å². The molecule has 0 bridgehead atoms. The number of anilines is 1. The second kappa shape index (κ2) is 5.17. The van der Waals surface area contributed by atoms with Gasteiger partial charge >= 0.3 is 0 Å². The average molecular weight is 275 g/mol. The van der Waals surface area contributed by atoms with E-state index in [1.54, 1.807) is 12.4 Å². The number of carbonyl (C=O) groups excluding carboxylic acids is 1. The zero-order valence-electron chi connectivity index (χ0n) is 10.7. The summed E-state index contributed by atoms with van der Waals surface area (Å²) in [6, 6.07) is 1.85. The lowest BCUT2D eigenvalue weighted by Gasteiger charge is -2.03. The van der Waals surface area contributed by atoms with Crippen molar-refractivity contribution < 1.29 is 4.79 Å². The zero-order chi connectivity index (χ0) is 13.2. The Balaban J connectivity index is 1.65. The molecule has 0 unspecified atom stereocenters. The lowest BCUT2D eigenvalue weighted by molar-refractivity contribution is 0.0957. The quantitative estimate of drug-likeness (QED) is 0.824. The highest BCUT2D eigenvalue weighted by Gasteiger charge is 2.20. The molecule has 0 aliphatic heterocycles. The summed E-state index contributed by atoms with van der Waals surface area (Å²) in [6.45, 7) is 0.737. The summed E-state index contributed by atoms with van der Waals surface area (Å²) in [5.41, 5.74) is 6.60. The van der Waals surface area contributed by atoms with E-state index in [2.05, 4.69) is 10.3 Å². The third-order valence-corrected chi connectivity index (χ3v) is 4.66. The normalized spacial score (nSPS) is 14.7. The van der Waals surface area contributed by atoms with Crippen LogP contribution in [0.2, 0.25) is 0 Å². The van der Waals surface area contributed by atoms with Crippen LogP contribution >= 0.6 is 11.3 Å². The van der Waals surface area contributed by atoms with Crippen molar-refractivity contribution in [2.75, 3.05) is 12.3 Å². The van der Waals surface area contributed by atoms with E-state index in [9.17, 15) is 4.79 Å². The summed E-state index contributed by atoms with van der Waals surface area (Å²) in [5.74, 6) is 0.854. The molecule has 3 N–H and O–H groups in total. The van der Waals surface area contributed by atoms with E-state index in [1.807, 2.05) is 6.07 Å². The number of hydrogen-bond donors (Lipinski definition) is 2. The SMILES string of the molecule is Nc1c(C(=O)NCCCC2CC2)sc2cnccc12. The molecular formula is C14H17N3OS. The first-order valence-corrected chi connectivity index (χ1v) is 7.47. The Kier molecular flexibility index (Phi) is 3.38. The molecule has 2 aromatic heterocycles. The van der Waals surface area contributed by atoms with Crippen LogP contribution in [0.4, 0.5) is 5.69 Å². The number of pyridine rings is 1. The fourth-order valence-corrected chi connectivity index (χ4v) is 3.23. The van der Waals surface area contributed by atoms with Crippen LogP contribution in [-0.4, -0.2) is 17.4 Å². The molecule has 4 nitrogen and oxygen atoms in total. The number of aromatic nitrogens is 1. The molecule has 1 aliphatic rings. The molecule has 1 fully saturated rings. The Morgan fingerprint density at radius 3 is 3.11 bits per heavy atom. The number of amides is 1. The second-order valence-electron chi connectivity index (χ2n) is 5.06. The van der Waals surface area contributed by atoms with E-state index >= 15 is 0 Å². The summed E-state index contributed by atoms with van der Waals surface area (Å²) in [7, 11) is 0. The highest BCUT2D eigenvalue weighted by Crippen LogP contribution is 2.34. The van der Waals surface area contributed by atoms with Gasteiger partial charge < -0.3 is 11.1 Å². The molecule has 1 aliphatic carbocycles. The van der Waals surface area contributed by atoms with E-state index in [0.29, 0.717) is 10.6 Å². The summed E-state index contributed by atoms with van der Waals surface area (Å²) < 4.78 is 0.961. The van der Waals surface area contributed by atoms with Crippen LogP contribution in [0.15, 0.2) is 18.5 Å². The van der Waals surface area contributed by atoms with Crippen LogP contribution < -0.4 is 11.1 Å². The fourth-order valence-electron chi connectivity index (χ4n) is 2.22. The van der Waals surface area contributed by atoms with Gasteiger partial charge in [-0.2, -0.15) is 0 Å². The average Bonchev–Trinajstić information content (AvgIpc) is 3.19. The topological polar surface area (TPSA) is 68.0 Å². The Hall–Kier alpha value is -1.62. The molecule has 0 spiro atoms. The van der Waals surface area contributed by atoms with E-state index in [0.717, 1.165) is 29.0 Å². The first-order chi connectivity index (χ1) is 9.25. The molecule has 3 rings (SSSR count). The van der Waals surface area contributed by atoms with Crippen molar-refractivity contribution in [2.24, 2.45) is 5.92 Å². The molecule has 0 saturated heterocycles. The lowest BCUT2D eigenvalue weighted by atomic mass is 10.2. The first-order valence-electron chi connectivity index (χ1n) is 6.66. The Morgan fingerprint density at radius 1 is 1.53 bits per heavy atom. The molecule has 19 heavy (non-hydrogen) atoms. The van der Waals surface area contributed by atoms with Gasteiger partial charge in [0.25, 0.3) is 5.91 Å². The molecule has 0 radical (unpaired) electrons. The third-order valence-electron chi connectivity index (χ3n) is 3.51. The highest BCUT2D eigenvalue weighted by molar-refractivity contribution is 7.21. The third kappa shape index (κ3) is 2.71. The maximum atomic E-state index is 12.1. The number of nitrogens with one attached hydrogen (secondary N) is 1. The zero-order valence-corrected chi connectivity index (χ0v) is 11.5. The minimum Gasteiger partial charge on any atom is -0.397 e. The Labute approximate surface area is 116 Å². The van der Waals surface area contributed by atoms with Gasteiger partial charge in [0, 0.05) is 24.3 Å². The molecule has 0 aromatic carbocycles. The largest absolute Gasteiger partial charge is 0.397 e. The smallest absolute Gasteiger partial charge is 0.263 e. The van der Waals surface area contributed by atoms with E-state index in [4.69, 9.17) is 5.73 Å². The van der Waals surface area contributed by atoms with Crippen molar-refractivity contribution in [3.05, 3.63) is 23.3 Å². The van der Waals surface area contributed by atoms with Crippen LogP contribution in [0.5, 0.6) is 0 Å².